The van der Waals surface area contributed by atoms with Crippen molar-refractivity contribution >= 4 is 23.7 Å². The van der Waals surface area contributed by atoms with Gasteiger partial charge in [0.15, 0.2) is 5.78 Å². The van der Waals surface area contributed by atoms with Crippen molar-refractivity contribution in [1.29, 1.82) is 0 Å². The van der Waals surface area contributed by atoms with Crippen LogP contribution in [0.3, 0.4) is 0 Å². The molecular weight excluding hydrogens is 496 g/mol. The molecule has 1 heterocycles. The third-order valence-electron chi connectivity index (χ3n) is 7.56. The fourth-order valence-electron chi connectivity index (χ4n) is 5.31. The number of benzene rings is 1. The number of carbonyl (C=O) groups excluding carboxylic acids is 4. The highest BCUT2D eigenvalue weighted by Gasteiger charge is 2.41. The lowest BCUT2D eigenvalue weighted by Gasteiger charge is -2.29. The molecule has 9 nitrogen and oxygen atoms in total. The normalized spacial score (nSPS) is 20.6. The van der Waals surface area contributed by atoms with Crippen LogP contribution in [-0.4, -0.2) is 59.4 Å². The summed E-state index contributed by atoms with van der Waals surface area (Å²) in [5.74, 6) is -0.670. The number of Topliss-reactive ketones (excluding diaryl/α,β-unsaturated/α-hetero) is 1. The summed E-state index contributed by atoms with van der Waals surface area (Å²) in [6.07, 6.45) is 4.48. The number of rotatable bonds is 13. The van der Waals surface area contributed by atoms with Gasteiger partial charge in [0.1, 0.15) is 18.2 Å². The first-order valence-electron chi connectivity index (χ1n) is 14.3. The number of hydrogen-bond acceptors (Lipinski definition) is 6. The number of hydrogen-bond donors (Lipinski definition) is 3. The van der Waals surface area contributed by atoms with Gasteiger partial charge in [0.05, 0.1) is 6.04 Å². The number of amides is 3. The minimum absolute atomic E-state index is 0.0975. The Morgan fingerprint density at radius 1 is 1.03 bits per heavy atom. The summed E-state index contributed by atoms with van der Waals surface area (Å²) < 4.78 is 5.47. The molecule has 1 saturated carbocycles. The molecule has 0 spiro atoms. The zero-order chi connectivity index (χ0) is 28.4. The van der Waals surface area contributed by atoms with Crippen molar-refractivity contribution in [3.05, 3.63) is 48.2 Å². The molecule has 4 atom stereocenters. The maximum Gasteiger partial charge on any atom is 0.408 e. The van der Waals surface area contributed by atoms with E-state index in [1.807, 2.05) is 51.1 Å². The van der Waals surface area contributed by atoms with Crippen LogP contribution < -0.4 is 16.0 Å². The van der Waals surface area contributed by atoms with E-state index >= 15 is 0 Å². The summed E-state index contributed by atoms with van der Waals surface area (Å²) in [6.45, 7) is 10.6. The molecular formula is C30H44N4O5. The molecule has 2 aliphatic rings. The highest BCUT2D eigenvalue weighted by atomic mass is 16.6. The zero-order valence-electron chi connectivity index (χ0n) is 23.5. The highest BCUT2D eigenvalue weighted by molar-refractivity contribution is 5.95. The molecule has 0 aromatic heterocycles. The molecule has 3 rings (SSSR count). The van der Waals surface area contributed by atoms with E-state index in [0.29, 0.717) is 38.0 Å². The number of ether oxygens (including phenoxy) is 1. The van der Waals surface area contributed by atoms with Crippen LogP contribution in [-0.2, 0) is 25.7 Å². The Morgan fingerprint density at radius 2 is 1.69 bits per heavy atom. The van der Waals surface area contributed by atoms with E-state index in [0.717, 1.165) is 31.2 Å². The molecule has 1 aromatic rings. The van der Waals surface area contributed by atoms with Crippen LogP contribution >= 0.6 is 0 Å². The molecule has 1 saturated heterocycles. The fraction of sp³-hybridized carbons (Fsp3) is 0.600. The Kier molecular flexibility index (Phi) is 11.4. The van der Waals surface area contributed by atoms with E-state index in [2.05, 4.69) is 22.5 Å². The number of ketones is 1. The lowest BCUT2D eigenvalue weighted by molar-refractivity contribution is -0.140. The predicted molar refractivity (Wildman–Crippen MR) is 150 cm³/mol. The lowest BCUT2D eigenvalue weighted by Crippen LogP contribution is -2.55. The van der Waals surface area contributed by atoms with Crippen molar-refractivity contribution in [3.8, 4) is 0 Å². The Hall–Kier alpha value is -3.36. The minimum Gasteiger partial charge on any atom is -0.446 e. The van der Waals surface area contributed by atoms with Gasteiger partial charge in [0, 0.05) is 25.2 Å². The van der Waals surface area contributed by atoms with Gasteiger partial charge in [-0.05, 0) is 56.4 Å². The molecule has 39 heavy (non-hydrogen) atoms. The maximum atomic E-state index is 13.4. The number of nitrogens with one attached hydrogen (secondary N) is 3. The van der Waals surface area contributed by atoms with Gasteiger partial charge in [-0.3, -0.25) is 14.4 Å². The minimum atomic E-state index is -0.776. The van der Waals surface area contributed by atoms with Crippen LogP contribution in [0.15, 0.2) is 42.6 Å². The van der Waals surface area contributed by atoms with Gasteiger partial charge in [0.2, 0.25) is 11.8 Å². The van der Waals surface area contributed by atoms with E-state index < -0.39 is 24.2 Å². The van der Waals surface area contributed by atoms with Crippen molar-refractivity contribution in [3.63, 3.8) is 0 Å². The number of likely N-dealkylation sites (tertiary alicyclic amines) is 1. The summed E-state index contributed by atoms with van der Waals surface area (Å²) in [5.41, 5.74) is 1.67. The summed E-state index contributed by atoms with van der Waals surface area (Å²) in [4.78, 5) is 53.7. The van der Waals surface area contributed by atoms with Crippen molar-refractivity contribution in [2.24, 2.45) is 5.92 Å². The Morgan fingerprint density at radius 3 is 2.33 bits per heavy atom. The van der Waals surface area contributed by atoms with Crippen LogP contribution in [0.4, 0.5) is 4.79 Å². The summed E-state index contributed by atoms with van der Waals surface area (Å²) in [5, 5.41) is 8.76. The van der Waals surface area contributed by atoms with Crippen LogP contribution in [0.2, 0.25) is 0 Å². The van der Waals surface area contributed by atoms with Gasteiger partial charge in [-0.15, -0.1) is 0 Å². The first kappa shape index (κ1) is 30.2. The van der Waals surface area contributed by atoms with Crippen LogP contribution in [0, 0.1) is 5.92 Å². The second-order valence-electron chi connectivity index (χ2n) is 10.8. The van der Waals surface area contributed by atoms with Crippen molar-refractivity contribution in [2.75, 3.05) is 6.54 Å². The monoisotopic (exact) mass is 540 g/mol. The van der Waals surface area contributed by atoms with Crippen molar-refractivity contribution in [1.82, 2.24) is 20.9 Å². The van der Waals surface area contributed by atoms with Crippen LogP contribution in [0.1, 0.15) is 77.7 Å². The van der Waals surface area contributed by atoms with E-state index in [9.17, 15) is 19.2 Å². The van der Waals surface area contributed by atoms with Gasteiger partial charge >= 0.3 is 6.09 Å². The molecule has 3 N–H and O–H groups in total. The Labute approximate surface area is 232 Å². The topological polar surface area (TPSA) is 117 Å². The largest absolute Gasteiger partial charge is 0.446 e. The van der Waals surface area contributed by atoms with Gasteiger partial charge in [0.25, 0.3) is 0 Å². The second-order valence-corrected chi connectivity index (χ2v) is 10.8. The lowest BCUT2D eigenvalue weighted by atomic mass is 10.0. The number of alkyl carbamates (subject to hydrolysis) is 1. The van der Waals surface area contributed by atoms with Gasteiger partial charge in [-0.25, -0.2) is 4.79 Å². The first-order valence-corrected chi connectivity index (χ1v) is 14.3. The SMILES string of the molecule is C=C(CC(=O)C(CC)NC(=O)C1C[C@@H](C)CN1C(=O)C(CC)NC(=O)OC1CCCC1)NCc1ccccc1. The van der Waals surface area contributed by atoms with E-state index in [-0.39, 0.29) is 36.0 Å². The number of carbonyl (C=O) groups is 4. The van der Waals surface area contributed by atoms with Crippen molar-refractivity contribution in [2.45, 2.75) is 103 Å². The van der Waals surface area contributed by atoms with E-state index in [4.69, 9.17) is 4.74 Å². The van der Waals surface area contributed by atoms with E-state index in [1.54, 1.807) is 4.90 Å². The molecule has 1 aliphatic carbocycles. The smallest absolute Gasteiger partial charge is 0.408 e. The Balaban J connectivity index is 1.55. The molecule has 0 bridgehead atoms. The number of nitrogens with zero attached hydrogens (tertiary/aromatic N) is 1. The molecule has 1 aliphatic heterocycles. The number of allylic oxidation sites excluding steroid dienone is 1. The average molecular weight is 541 g/mol. The third-order valence-corrected chi connectivity index (χ3v) is 7.56. The highest BCUT2D eigenvalue weighted by Crippen LogP contribution is 2.25. The fourth-order valence-corrected chi connectivity index (χ4v) is 5.31. The molecule has 214 valence electrons. The standard InChI is InChI=1S/C30H44N4O5/c1-5-24(27(35)17-21(4)31-18-22-12-8-7-9-13-22)32-28(36)26-16-20(3)19-34(26)29(37)25(6-2)33-30(38)39-23-14-10-11-15-23/h7-9,12-13,20,23-26,31H,4-6,10-11,14-19H2,1-3H3,(H,32,36)(H,33,38)/t20-,24?,25?,26?/m1/s1. The molecule has 3 amide bonds. The summed E-state index contributed by atoms with van der Waals surface area (Å²) in [6, 6.07) is 7.67. The zero-order valence-corrected chi connectivity index (χ0v) is 23.5. The Bertz CT molecular complexity index is 1010. The van der Waals surface area contributed by atoms with E-state index in [1.165, 1.54) is 0 Å². The molecule has 0 radical (unpaired) electrons. The summed E-state index contributed by atoms with van der Waals surface area (Å²) in [7, 11) is 0. The molecule has 1 aromatic carbocycles. The molecule has 9 heteroatoms. The van der Waals surface area contributed by atoms with Crippen LogP contribution in [0.25, 0.3) is 0 Å². The van der Waals surface area contributed by atoms with Crippen molar-refractivity contribution < 1.29 is 23.9 Å². The third kappa shape index (κ3) is 8.83. The molecule has 3 unspecified atom stereocenters. The second kappa shape index (κ2) is 14.7. The van der Waals surface area contributed by atoms with Crippen LogP contribution in [0.5, 0.6) is 0 Å². The van der Waals surface area contributed by atoms with Gasteiger partial charge in [-0.1, -0.05) is 57.7 Å². The summed E-state index contributed by atoms with van der Waals surface area (Å²) >= 11 is 0. The predicted octanol–water partition coefficient (Wildman–Crippen LogP) is 3.83. The quantitative estimate of drug-likeness (QED) is 0.350. The average Bonchev–Trinajstić information content (AvgIpc) is 3.58. The molecule has 2 fully saturated rings. The van der Waals surface area contributed by atoms with Gasteiger partial charge in [-0.2, -0.15) is 0 Å². The van der Waals surface area contributed by atoms with Gasteiger partial charge < -0.3 is 25.6 Å². The first-order chi connectivity index (χ1) is 18.7. The maximum absolute atomic E-state index is 13.4.